The number of carbonyl (C=O) groups is 1. The Morgan fingerprint density at radius 1 is 1.17 bits per heavy atom. The fourth-order valence-corrected chi connectivity index (χ4v) is 4.12. The Morgan fingerprint density at radius 2 is 2.00 bits per heavy atom. The molecular formula is C21H19F2N3O2S. The summed E-state index contributed by atoms with van der Waals surface area (Å²) in [4.78, 5) is 19.7. The number of likely N-dealkylation sites (tertiary alicyclic amines) is 1. The van der Waals surface area contributed by atoms with Crippen molar-refractivity contribution in [2.75, 3.05) is 18.8 Å². The molecule has 29 heavy (non-hydrogen) atoms. The van der Waals surface area contributed by atoms with Gasteiger partial charge in [0.15, 0.2) is 0 Å². The number of amides is 1. The number of hydrogen-bond acceptors (Lipinski definition) is 5. The first-order chi connectivity index (χ1) is 14.1. The molecule has 1 aliphatic rings. The highest BCUT2D eigenvalue weighted by Gasteiger charge is 2.28. The quantitative estimate of drug-likeness (QED) is 0.574. The van der Waals surface area contributed by atoms with Crippen molar-refractivity contribution in [3.05, 3.63) is 66.1 Å². The highest BCUT2D eigenvalue weighted by atomic mass is 32.2. The summed E-state index contributed by atoms with van der Waals surface area (Å²) in [7, 11) is 0. The zero-order valence-corrected chi connectivity index (χ0v) is 16.4. The molecule has 0 N–H and O–H groups in total. The van der Waals surface area contributed by atoms with Crippen molar-refractivity contribution in [3.63, 3.8) is 0 Å². The molecule has 0 aliphatic carbocycles. The fraction of sp³-hybridized carbons (Fsp3) is 0.286. The van der Waals surface area contributed by atoms with Crippen LogP contribution in [0.2, 0.25) is 0 Å². The average molecular weight is 415 g/mol. The standard InChI is InChI=1S/C21H19F2N3O2S/c22-16-6-8-18(9-7-16)29-13-19(27)26-10-2-4-15(12-26)21-24-20(25-28-21)14-3-1-5-17(23)11-14/h1,3,5-9,11,15H,2,4,10,12-13H2. The number of carbonyl (C=O) groups excluding carboxylic acids is 1. The molecular weight excluding hydrogens is 396 g/mol. The third-order valence-corrected chi connectivity index (χ3v) is 5.82. The van der Waals surface area contributed by atoms with Crippen molar-refractivity contribution < 1.29 is 18.1 Å². The molecule has 2 heterocycles. The van der Waals surface area contributed by atoms with Crippen LogP contribution in [0, 0.1) is 11.6 Å². The molecule has 0 spiro atoms. The lowest BCUT2D eigenvalue weighted by molar-refractivity contribution is -0.129. The fourth-order valence-electron chi connectivity index (χ4n) is 3.32. The van der Waals surface area contributed by atoms with E-state index in [1.807, 2.05) is 0 Å². The molecule has 1 unspecified atom stereocenters. The average Bonchev–Trinajstić information content (AvgIpc) is 3.24. The van der Waals surface area contributed by atoms with Gasteiger partial charge in [0.1, 0.15) is 11.6 Å². The van der Waals surface area contributed by atoms with Crippen LogP contribution in [0.3, 0.4) is 0 Å². The Balaban J connectivity index is 1.38. The minimum Gasteiger partial charge on any atom is -0.341 e. The lowest BCUT2D eigenvalue weighted by atomic mass is 9.98. The van der Waals surface area contributed by atoms with E-state index in [4.69, 9.17) is 4.52 Å². The van der Waals surface area contributed by atoms with Gasteiger partial charge in [-0.3, -0.25) is 4.79 Å². The summed E-state index contributed by atoms with van der Waals surface area (Å²) in [5.74, 6) is 0.421. The molecule has 0 radical (unpaired) electrons. The number of benzene rings is 2. The normalized spacial score (nSPS) is 16.8. The van der Waals surface area contributed by atoms with E-state index in [-0.39, 0.29) is 29.2 Å². The second-order valence-electron chi connectivity index (χ2n) is 6.89. The summed E-state index contributed by atoms with van der Waals surface area (Å²) in [5.41, 5.74) is 0.555. The first-order valence-corrected chi connectivity index (χ1v) is 10.3. The van der Waals surface area contributed by atoms with Crippen molar-refractivity contribution in [3.8, 4) is 11.4 Å². The molecule has 0 saturated carbocycles. The highest BCUT2D eigenvalue weighted by Crippen LogP contribution is 2.28. The molecule has 0 bridgehead atoms. The van der Waals surface area contributed by atoms with Crippen molar-refractivity contribution in [1.82, 2.24) is 15.0 Å². The lowest BCUT2D eigenvalue weighted by Gasteiger charge is -2.31. The van der Waals surface area contributed by atoms with Gasteiger partial charge in [0, 0.05) is 23.5 Å². The van der Waals surface area contributed by atoms with Gasteiger partial charge in [-0.25, -0.2) is 8.78 Å². The molecule has 1 saturated heterocycles. The molecule has 150 valence electrons. The number of piperidine rings is 1. The zero-order valence-electron chi connectivity index (χ0n) is 15.6. The maximum atomic E-state index is 13.4. The van der Waals surface area contributed by atoms with Crippen LogP contribution in [-0.4, -0.2) is 39.8 Å². The van der Waals surface area contributed by atoms with Crippen LogP contribution >= 0.6 is 11.8 Å². The SMILES string of the molecule is O=C(CSc1ccc(F)cc1)N1CCCC(c2nc(-c3cccc(F)c3)no2)C1. The largest absolute Gasteiger partial charge is 0.341 e. The van der Waals surface area contributed by atoms with Gasteiger partial charge < -0.3 is 9.42 Å². The van der Waals surface area contributed by atoms with Crippen LogP contribution in [0.1, 0.15) is 24.7 Å². The number of thioether (sulfide) groups is 1. The maximum absolute atomic E-state index is 13.4. The van der Waals surface area contributed by atoms with Crippen molar-refractivity contribution in [2.24, 2.45) is 0 Å². The minimum absolute atomic E-state index is 0.0221. The van der Waals surface area contributed by atoms with Crippen molar-refractivity contribution >= 4 is 17.7 Å². The minimum atomic E-state index is -0.359. The van der Waals surface area contributed by atoms with E-state index in [1.54, 1.807) is 29.2 Å². The van der Waals surface area contributed by atoms with E-state index in [1.165, 1.54) is 36.0 Å². The summed E-state index contributed by atoms with van der Waals surface area (Å²) < 4.78 is 31.8. The monoisotopic (exact) mass is 415 g/mol. The van der Waals surface area contributed by atoms with Gasteiger partial charge in [-0.1, -0.05) is 17.3 Å². The van der Waals surface area contributed by atoms with Gasteiger partial charge >= 0.3 is 0 Å². The third kappa shape index (κ3) is 4.82. The second kappa shape index (κ2) is 8.73. The Hall–Kier alpha value is -2.74. The molecule has 1 aliphatic heterocycles. The molecule has 1 atom stereocenters. The van der Waals surface area contributed by atoms with Gasteiger partial charge in [-0.05, 0) is 49.2 Å². The lowest BCUT2D eigenvalue weighted by Crippen LogP contribution is -2.40. The maximum Gasteiger partial charge on any atom is 0.232 e. The summed E-state index contributed by atoms with van der Waals surface area (Å²) in [5, 5.41) is 3.96. The smallest absolute Gasteiger partial charge is 0.232 e. The third-order valence-electron chi connectivity index (χ3n) is 4.82. The Bertz CT molecular complexity index is 994. The molecule has 5 nitrogen and oxygen atoms in total. The Kier molecular flexibility index (Phi) is 5.89. The van der Waals surface area contributed by atoms with Crippen LogP contribution in [0.4, 0.5) is 8.78 Å². The van der Waals surface area contributed by atoms with E-state index in [0.29, 0.717) is 30.4 Å². The summed E-state index contributed by atoms with van der Waals surface area (Å²) in [6.45, 7) is 1.19. The number of halogens is 2. The summed E-state index contributed by atoms with van der Waals surface area (Å²) in [6, 6.07) is 12.1. The molecule has 3 aromatic rings. The van der Waals surface area contributed by atoms with Gasteiger partial charge in [0.2, 0.25) is 17.6 Å². The molecule has 1 aromatic heterocycles. The van der Waals surface area contributed by atoms with Crippen LogP contribution < -0.4 is 0 Å². The summed E-state index contributed by atoms with van der Waals surface area (Å²) >= 11 is 1.39. The first-order valence-electron chi connectivity index (χ1n) is 9.34. The Morgan fingerprint density at radius 3 is 2.79 bits per heavy atom. The number of nitrogens with zero attached hydrogens (tertiary/aromatic N) is 3. The second-order valence-corrected chi connectivity index (χ2v) is 7.94. The molecule has 8 heteroatoms. The first kappa shape index (κ1) is 19.6. The van der Waals surface area contributed by atoms with Crippen LogP contribution in [0.25, 0.3) is 11.4 Å². The van der Waals surface area contributed by atoms with E-state index < -0.39 is 0 Å². The zero-order chi connectivity index (χ0) is 20.2. The van der Waals surface area contributed by atoms with Crippen molar-refractivity contribution in [2.45, 2.75) is 23.7 Å². The van der Waals surface area contributed by atoms with Crippen LogP contribution in [0.15, 0.2) is 57.9 Å². The van der Waals surface area contributed by atoms with Gasteiger partial charge in [-0.2, -0.15) is 4.98 Å². The van der Waals surface area contributed by atoms with E-state index in [2.05, 4.69) is 10.1 Å². The number of hydrogen-bond donors (Lipinski definition) is 0. The predicted molar refractivity (Wildman–Crippen MR) is 105 cm³/mol. The topological polar surface area (TPSA) is 59.2 Å². The van der Waals surface area contributed by atoms with E-state index in [0.717, 1.165) is 17.7 Å². The van der Waals surface area contributed by atoms with E-state index >= 15 is 0 Å². The van der Waals surface area contributed by atoms with Crippen LogP contribution in [0.5, 0.6) is 0 Å². The van der Waals surface area contributed by atoms with Gasteiger partial charge in [0.05, 0.1) is 11.7 Å². The molecule has 2 aromatic carbocycles. The van der Waals surface area contributed by atoms with E-state index in [9.17, 15) is 13.6 Å². The highest BCUT2D eigenvalue weighted by molar-refractivity contribution is 8.00. The van der Waals surface area contributed by atoms with Crippen molar-refractivity contribution in [1.29, 1.82) is 0 Å². The molecule has 1 amide bonds. The number of rotatable bonds is 5. The Labute approximate surface area is 171 Å². The summed E-state index contributed by atoms with van der Waals surface area (Å²) in [6.07, 6.45) is 1.69. The molecule has 4 rings (SSSR count). The predicted octanol–water partition coefficient (Wildman–Crippen LogP) is 4.51. The number of aromatic nitrogens is 2. The van der Waals surface area contributed by atoms with Crippen LogP contribution in [-0.2, 0) is 4.79 Å². The van der Waals surface area contributed by atoms with Gasteiger partial charge in [0.25, 0.3) is 0 Å². The molecule has 1 fully saturated rings. The van der Waals surface area contributed by atoms with Gasteiger partial charge in [-0.15, -0.1) is 11.8 Å².